The molecule has 17 heavy (non-hydrogen) atoms. The van der Waals surface area contributed by atoms with Crippen molar-refractivity contribution in [3.63, 3.8) is 0 Å². The van der Waals surface area contributed by atoms with Gasteiger partial charge in [0.2, 0.25) is 10.0 Å². The van der Waals surface area contributed by atoms with Gasteiger partial charge in [0.15, 0.2) is 0 Å². The minimum Gasteiger partial charge on any atom is -0.212 e. The van der Waals surface area contributed by atoms with E-state index in [4.69, 9.17) is 0 Å². The van der Waals surface area contributed by atoms with Gasteiger partial charge >= 0.3 is 0 Å². The molecule has 3 aliphatic rings. The van der Waals surface area contributed by atoms with E-state index >= 15 is 0 Å². The molecule has 2 bridgehead atoms. The smallest absolute Gasteiger partial charge is 0.212 e. The number of rotatable bonds is 3. The van der Waals surface area contributed by atoms with Crippen LogP contribution in [0.4, 0.5) is 0 Å². The first kappa shape index (κ1) is 11.7. The lowest BCUT2D eigenvalue weighted by Crippen LogP contribution is -2.49. The number of hydrogen-bond donors (Lipinski definition) is 0. The van der Waals surface area contributed by atoms with Crippen molar-refractivity contribution in [2.24, 2.45) is 11.8 Å². The predicted molar refractivity (Wildman–Crippen MR) is 68.1 cm³/mol. The maximum absolute atomic E-state index is 12.4. The van der Waals surface area contributed by atoms with Gasteiger partial charge in [-0.05, 0) is 37.5 Å². The molecule has 0 radical (unpaired) electrons. The third-order valence-electron chi connectivity index (χ3n) is 4.48. The van der Waals surface area contributed by atoms with E-state index in [9.17, 15) is 8.42 Å². The van der Waals surface area contributed by atoms with E-state index in [0.717, 1.165) is 25.7 Å². The van der Waals surface area contributed by atoms with Gasteiger partial charge in [-0.1, -0.05) is 26.0 Å². The predicted octanol–water partition coefficient (Wildman–Crippen LogP) is 2.15. The van der Waals surface area contributed by atoms with Crippen LogP contribution in [0.3, 0.4) is 0 Å². The molecule has 4 heteroatoms. The van der Waals surface area contributed by atoms with Crippen molar-refractivity contribution < 1.29 is 8.42 Å². The first-order valence-corrected chi connectivity index (χ1v) is 8.21. The Bertz CT molecular complexity index is 420. The molecular formula is C13H21NO2S. The van der Waals surface area contributed by atoms with Gasteiger partial charge in [0.1, 0.15) is 0 Å². The Morgan fingerprint density at radius 1 is 1.12 bits per heavy atom. The standard InChI is InChI=1S/C13H21NO2S/c1-9(2)10-7-11-3-4-12(8-10)14(11)17(15,16)13-5-6-13/h3-4,9-13H,5-8H2,1-2H3/t11-,12-/m0/s1. The Morgan fingerprint density at radius 3 is 2.06 bits per heavy atom. The Balaban J connectivity index is 1.82. The van der Waals surface area contributed by atoms with Crippen molar-refractivity contribution in [3.05, 3.63) is 12.2 Å². The highest BCUT2D eigenvalue weighted by molar-refractivity contribution is 7.90. The van der Waals surface area contributed by atoms with E-state index in [1.165, 1.54) is 0 Å². The lowest BCUT2D eigenvalue weighted by atomic mass is 9.83. The second kappa shape index (κ2) is 3.82. The number of fused-ring (bicyclic) bond motifs is 2. The van der Waals surface area contributed by atoms with Crippen molar-refractivity contribution in [2.75, 3.05) is 0 Å². The molecule has 3 nitrogen and oxygen atoms in total. The van der Waals surface area contributed by atoms with Crippen LogP contribution in [0.25, 0.3) is 0 Å². The van der Waals surface area contributed by atoms with Gasteiger partial charge in [-0.3, -0.25) is 0 Å². The minimum absolute atomic E-state index is 0.0667. The molecule has 2 atom stereocenters. The molecule has 1 saturated heterocycles. The van der Waals surface area contributed by atoms with Crippen molar-refractivity contribution in [1.29, 1.82) is 0 Å². The molecule has 0 amide bonds. The lowest BCUT2D eigenvalue weighted by Gasteiger charge is -2.39. The molecule has 0 aromatic heterocycles. The topological polar surface area (TPSA) is 37.4 Å². The molecule has 3 rings (SSSR count). The summed E-state index contributed by atoms with van der Waals surface area (Å²) in [4.78, 5) is 0. The summed E-state index contributed by atoms with van der Waals surface area (Å²) in [7, 11) is -3.00. The largest absolute Gasteiger partial charge is 0.218 e. The first-order valence-electron chi connectivity index (χ1n) is 6.71. The molecule has 96 valence electrons. The summed E-state index contributed by atoms with van der Waals surface area (Å²) in [6, 6.07) is 0.290. The zero-order chi connectivity index (χ0) is 12.2. The molecule has 1 saturated carbocycles. The molecule has 0 N–H and O–H groups in total. The number of nitrogens with zero attached hydrogens (tertiary/aromatic N) is 1. The average Bonchev–Trinajstić information content (AvgIpc) is 3.05. The van der Waals surface area contributed by atoms with Crippen LogP contribution in [-0.4, -0.2) is 30.1 Å². The summed E-state index contributed by atoms with van der Waals surface area (Å²) in [5, 5.41) is -0.0667. The van der Waals surface area contributed by atoms with Gasteiger partial charge in [0, 0.05) is 12.1 Å². The molecule has 2 heterocycles. The zero-order valence-corrected chi connectivity index (χ0v) is 11.4. The fourth-order valence-electron chi connectivity index (χ4n) is 3.21. The molecule has 0 unspecified atom stereocenters. The van der Waals surface area contributed by atoms with Gasteiger partial charge in [-0.25, -0.2) is 8.42 Å². The van der Waals surface area contributed by atoms with Crippen LogP contribution >= 0.6 is 0 Å². The molecule has 0 spiro atoms. The summed E-state index contributed by atoms with van der Waals surface area (Å²) in [6.45, 7) is 4.49. The monoisotopic (exact) mass is 255 g/mol. The molecule has 2 fully saturated rings. The van der Waals surface area contributed by atoms with Crippen LogP contribution in [0.15, 0.2) is 12.2 Å². The van der Waals surface area contributed by atoms with Gasteiger partial charge < -0.3 is 0 Å². The van der Waals surface area contributed by atoms with E-state index in [0.29, 0.717) is 11.8 Å². The number of hydrogen-bond acceptors (Lipinski definition) is 2. The highest BCUT2D eigenvalue weighted by Crippen LogP contribution is 2.43. The van der Waals surface area contributed by atoms with Gasteiger partial charge in [-0.2, -0.15) is 4.31 Å². The second-order valence-electron chi connectivity index (χ2n) is 6.07. The molecular weight excluding hydrogens is 234 g/mol. The molecule has 2 aliphatic heterocycles. The summed E-state index contributed by atoms with van der Waals surface area (Å²) in [5.41, 5.74) is 0. The summed E-state index contributed by atoms with van der Waals surface area (Å²) < 4.78 is 26.6. The summed E-state index contributed by atoms with van der Waals surface area (Å²) in [6.07, 6.45) is 7.99. The number of sulfonamides is 1. The van der Waals surface area contributed by atoms with E-state index in [-0.39, 0.29) is 17.3 Å². The van der Waals surface area contributed by atoms with Crippen LogP contribution in [0, 0.1) is 11.8 Å². The van der Waals surface area contributed by atoms with Gasteiger partial charge in [0.05, 0.1) is 5.25 Å². The van der Waals surface area contributed by atoms with E-state index < -0.39 is 10.0 Å². The third-order valence-corrected chi connectivity index (χ3v) is 6.92. The van der Waals surface area contributed by atoms with Crippen LogP contribution < -0.4 is 0 Å². The highest BCUT2D eigenvalue weighted by atomic mass is 32.2. The first-order chi connectivity index (χ1) is 8.00. The third kappa shape index (κ3) is 1.85. The van der Waals surface area contributed by atoms with E-state index in [2.05, 4.69) is 26.0 Å². The number of piperidine rings is 1. The maximum atomic E-state index is 12.4. The van der Waals surface area contributed by atoms with Crippen molar-refractivity contribution >= 4 is 10.0 Å². The minimum atomic E-state index is -3.00. The fourth-order valence-corrected chi connectivity index (χ4v) is 5.36. The Morgan fingerprint density at radius 2 is 1.65 bits per heavy atom. The maximum Gasteiger partial charge on any atom is 0.218 e. The Labute approximate surface area is 104 Å². The molecule has 0 aromatic rings. The quantitative estimate of drug-likeness (QED) is 0.725. The van der Waals surface area contributed by atoms with Gasteiger partial charge in [0.25, 0.3) is 0 Å². The molecule has 0 aromatic carbocycles. The normalized spacial score (nSPS) is 37.9. The Hall–Kier alpha value is -0.350. The van der Waals surface area contributed by atoms with Crippen molar-refractivity contribution in [1.82, 2.24) is 4.31 Å². The summed E-state index contributed by atoms with van der Waals surface area (Å²) >= 11 is 0. The highest BCUT2D eigenvalue weighted by Gasteiger charge is 2.49. The SMILES string of the molecule is CC(C)C1C[C@@H]2C=C[C@@H](C1)N2S(=O)(=O)C1CC1. The van der Waals surface area contributed by atoms with Crippen molar-refractivity contribution in [2.45, 2.75) is 56.9 Å². The van der Waals surface area contributed by atoms with Crippen LogP contribution in [0.5, 0.6) is 0 Å². The summed E-state index contributed by atoms with van der Waals surface area (Å²) in [5.74, 6) is 1.33. The van der Waals surface area contributed by atoms with Crippen LogP contribution in [0.1, 0.15) is 39.5 Å². The fraction of sp³-hybridized carbons (Fsp3) is 0.846. The van der Waals surface area contributed by atoms with Crippen molar-refractivity contribution in [3.8, 4) is 0 Å². The van der Waals surface area contributed by atoms with Crippen LogP contribution in [-0.2, 0) is 10.0 Å². The lowest BCUT2D eigenvalue weighted by molar-refractivity contribution is 0.171. The van der Waals surface area contributed by atoms with E-state index in [1.807, 2.05) is 4.31 Å². The van der Waals surface area contributed by atoms with Gasteiger partial charge in [-0.15, -0.1) is 0 Å². The zero-order valence-electron chi connectivity index (χ0n) is 10.5. The average molecular weight is 255 g/mol. The van der Waals surface area contributed by atoms with E-state index in [1.54, 1.807) is 0 Å². The molecule has 1 aliphatic carbocycles. The Kier molecular flexibility index (Phi) is 2.63. The van der Waals surface area contributed by atoms with Crippen LogP contribution in [0.2, 0.25) is 0 Å². The second-order valence-corrected chi connectivity index (χ2v) is 8.19.